The molecule has 0 radical (unpaired) electrons. The summed E-state index contributed by atoms with van der Waals surface area (Å²) in [6.07, 6.45) is 8.57. The molecule has 4 atom stereocenters. The summed E-state index contributed by atoms with van der Waals surface area (Å²) in [7, 11) is 2.14. The zero-order valence-electron chi connectivity index (χ0n) is 14.4. The Bertz CT molecular complexity index is 341. The fourth-order valence-corrected chi connectivity index (χ4v) is 5.40. The number of fused-ring (bicyclic) bond motifs is 1. The van der Waals surface area contributed by atoms with Crippen LogP contribution >= 0.6 is 0 Å². The van der Waals surface area contributed by atoms with Gasteiger partial charge in [-0.15, -0.1) is 0 Å². The van der Waals surface area contributed by atoms with Gasteiger partial charge in [0.05, 0.1) is 0 Å². The van der Waals surface area contributed by atoms with Crippen LogP contribution in [0.2, 0.25) is 0 Å². The summed E-state index contributed by atoms with van der Waals surface area (Å²) in [5, 5.41) is 3.51. The third-order valence-corrected chi connectivity index (χ3v) is 6.34. The van der Waals surface area contributed by atoms with Crippen LogP contribution in [0.5, 0.6) is 0 Å². The minimum Gasteiger partial charge on any atom is -0.319 e. The van der Waals surface area contributed by atoms with Gasteiger partial charge < -0.3 is 5.32 Å². The summed E-state index contributed by atoms with van der Waals surface area (Å²) in [4.78, 5) is 5.58. The summed E-state index contributed by atoms with van der Waals surface area (Å²) in [6, 6.07) is 1.60. The van der Waals surface area contributed by atoms with Crippen LogP contribution in [0.1, 0.15) is 52.4 Å². The lowest BCUT2D eigenvalue weighted by atomic mass is 9.69. The van der Waals surface area contributed by atoms with E-state index in [1.807, 2.05) is 0 Å². The minimum absolute atomic E-state index is 0.529. The quantitative estimate of drug-likeness (QED) is 0.859. The molecule has 122 valence electrons. The summed E-state index contributed by atoms with van der Waals surface area (Å²) in [5.74, 6) is 0.912. The lowest BCUT2D eigenvalue weighted by Crippen LogP contribution is -2.58. The van der Waals surface area contributed by atoms with Crippen molar-refractivity contribution < 1.29 is 0 Å². The van der Waals surface area contributed by atoms with E-state index in [1.165, 1.54) is 71.2 Å². The molecule has 3 rings (SSSR count). The monoisotopic (exact) mass is 293 g/mol. The Kier molecular flexibility index (Phi) is 4.92. The highest BCUT2D eigenvalue weighted by Crippen LogP contribution is 2.40. The van der Waals surface area contributed by atoms with E-state index in [-0.39, 0.29) is 0 Å². The zero-order valence-corrected chi connectivity index (χ0v) is 14.4. The third-order valence-electron chi connectivity index (χ3n) is 6.34. The Morgan fingerprint density at radius 3 is 2.76 bits per heavy atom. The molecule has 2 aliphatic heterocycles. The van der Waals surface area contributed by atoms with Crippen molar-refractivity contribution in [2.45, 2.75) is 64.5 Å². The largest absolute Gasteiger partial charge is 0.319 e. The number of nitrogens with one attached hydrogen (secondary N) is 1. The molecule has 2 saturated heterocycles. The first-order valence-electron chi connectivity index (χ1n) is 9.25. The molecule has 0 amide bonds. The molecule has 0 aromatic heterocycles. The van der Waals surface area contributed by atoms with Crippen LogP contribution < -0.4 is 5.32 Å². The first-order valence-corrected chi connectivity index (χ1v) is 9.25. The average Bonchev–Trinajstić information content (AvgIpc) is 2.86. The molecule has 2 heterocycles. The summed E-state index contributed by atoms with van der Waals surface area (Å²) in [6.45, 7) is 11.4. The molecule has 0 bridgehead atoms. The van der Waals surface area contributed by atoms with Crippen LogP contribution in [0.15, 0.2) is 0 Å². The lowest BCUT2D eigenvalue weighted by molar-refractivity contribution is 0.00670. The van der Waals surface area contributed by atoms with E-state index in [0.717, 1.165) is 18.0 Å². The molecule has 0 spiro atoms. The normalized spacial score (nSPS) is 42.1. The summed E-state index contributed by atoms with van der Waals surface area (Å²) < 4.78 is 0. The van der Waals surface area contributed by atoms with Gasteiger partial charge >= 0.3 is 0 Å². The van der Waals surface area contributed by atoms with E-state index in [0.29, 0.717) is 5.41 Å². The Hall–Kier alpha value is -0.120. The molecule has 1 N–H and O–H groups in total. The van der Waals surface area contributed by atoms with Gasteiger partial charge in [0.1, 0.15) is 0 Å². The molecule has 0 aromatic rings. The van der Waals surface area contributed by atoms with E-state index in [2.05, 4.69) is 36.0 Å². The van der Waals surface area contributed by atoms with Gasteiger partial charge in [0.2, 0.25) is 0 Å². The minimum atomic E-state index is 0.529. The van der Waals surface area contributed by atoms with Crippen molar-refractivity contribution in [3.8, 4) is 0 Å². The predicted octanol–water partition coefficient (Wildman–Crippen LogP) is 2.57. The van der Waals surface area contributed by atoms with E-state index in [4.69, 9.17) is 0 Å². The topological polar surface area (TPSA) is 18.5 Å². The van der Waals surface area contributed by atoms with Gasteiger partial charge in [-0.05, 0) is 57.5 Å². The van der Waals surface area contributed by atoms with Gasteiger partial charge in [-0.2, -0.15) is 0 Å². The van der Waals surface area contributed by atoms with Crippen LogP contribution in [-0.4, -0.2) is 61.7 Å². The molecular formula is C18H35N3. The second-order valence-electron chi connectivity index (χ2n) is 8.30. The van der Waals surface area contributed by atoms with Crippen molar-refractivity contribution >= 4 is 0 Å². The third kappa shape index (κ3) is 3.46. The Morgan fingerprint density at radius 2 is 2.00 bits per heavy atom. The molecule has 1 aliphatic carbocycles. The number of hydrogen-bond donors (Lipinski definition) is 1. The number of nitrogens with zero attached hydrogens (tertiary/aromatic N) is 2. The van der Waals surface area contributed by atoms with Gasteiger partial charge in [-0.25, -0.2) is 0 Å². The zero-order chi connectivity index (χ0) is 14.9. The standard InChI is InChI=1S/C18H35N3/c1-15-6-4-8-18(10-15,13-19-3)14-21-12-17-7-5-9-20(17)11-16(21)2/h15-17,19H,4-14H2,1-3H3. The lowest BCUT2D eigenvalue weighted by Gasteiger charge is -2.49. The Balaban J connectivity index is 1.67. The van der Waals surface area contributed by atoms with Crippen molar-refractivity contribution in [2.24, 2.45) is 11.3 Å². The van der Waals surface area contributed by atoms with Crippen molar-refractivity contribution in [3.63, 3.8) is 0 Å². The van der Waals surface area contributed by atoms with E-state index < -0.39 is 0 Å². The highest BCUT2D eigenvalue weighted by atomic mass is 15.3. The van der Waals surface area contributed by atoms with Gasteiger partial charge in [-0.1, -0.05) is 19.8 Å². The predicted molar refractivity (Wildman–Crippen MR) is 89.6 cm³/mol. The highest BCUT2D eigenvalue weighted by molar-refractivity contribution is 4.96. The van der Waals surface area contributed by atoms with Crippen molar-refractivity contribution in [1.82, 2.24) is 15.1 Å². The fourth-order valence-electron chi connectivity index (χ4n) is 5.40. The fraction of sp³-hybridized carbons (Fsp3) is 1.00. The second-order valence-corrected chi connectivity index (χ2v) is 8.30. The Labute approximate surface area is 131 Å². The molecule has 21 heavy (non-hydrogen) atoms. The summed E-state index contributed by atoms with van der Waals surface area (Å²) >= 11 is 0. The molecule has 3 heteroatoms. The van der Waals surface area contributed by atoms with Crippen LogP contribution in [0, 0.1) is 11.3 Å². The van der Waals surface area contributed by atoms with Crippen LogP contribution in [0.25, 0.3) is 0 Å². The van der Waals surface area contributed by atoms with Gasteiger partial charge in [0.15, 0.2) is 0 Å². The maximum Gasteiger partial charge on any atom is 0.0224 e. The SMILES string of the molecule is CNCC1(CN2CC3CCCN3CC2C)CCCC(C)C1. The molecule has 3 nitrogen and oxygen atoms in total. The number of rotatable bonds is 4. The van der Waals surface area contributed by atoms with Gasteiger partial charge in [0.25, 0.3) is 0 Å². The maximum absolute atomic E-state index is 3.51. The van der Waals surface area contributed by atoms with Gasteiger partial charge in [0, 0.05) is 38.3 Å². The molecule has 1 saturated carbocycles. The van der Waals surface area contributed by atoms with Crippen LogP contribution in [0.4, 0.5) is 0 Å². The van der Waals surface area contributed by atoms with E-state index >= 15 is 0 Å². The maximum atomic E-state index is 3.51. The van der Waals surface area contributed by atoms with Crippen molar-refractivity contribution in [2.75, 3.05) is 39.8 Å². The number of piperazine rings is 1. The molecule has 4 unspecified atom stereocenters. The van der Waals surface area contributed by atoms with Gasteiger partial charge in [-0.3, -0.25) is 9.80 Å². The van der Waals surface area contributed by atoms with Crippen LogP contribution in [0.3, 0.4) is 0 Å². The first-order chi connectivity index (χ1) is 10.1. The van der Waals surface area contributed by atoms with Crippen molar-refractivity contribution in [3.05, 3.63) is 0 Å². The molecule has 0 aromatic carbocycles. The first kappa shape index (κ1) is 15.8. The average molecular weight is 293 g/mol. The second kappa shape index (κ2) is 6.55. The summed E-state index contributed by atoms with van der Waals surface area (Å²) in [5.41, 5.74) is 0.529. The molecule has 3 aliphatic rings. The van der Waals surface area contributed by atoms with Crippen molar-refractivity contribution in [1.29, 1.82) is 0 Å². The molecule has 3 fully saturated rings. The Morgan fingerprint density at radius 1 is 1.14 bits per heavy atom. The molecular weight excluding hydrogens is 258 g/mol. The van der Waals surface area contributed by atoms with E-state index in [9.17, 15) is 0 Å². The number of hydrogen-bond acceptors (Lipinski definition) is 3. The smallest absolute Gasteiger partial charge is 0.0224 e. The van der Waals surface area contributed by atoms with E-state index in [1.54, 1.807) is 0 Å². The van der Waals surface area contributed by atoms with Crippen LogP contribution in [-0.2, 0) is 0 Å². The highest BCUT2D eigenvalue weighted by Gasteiger charge is 2.40.